The maximum atomic E-state index is 4.04. The van der Waals surface area contributed by atoms with Gasteiger partial charge in [-0.25, -0.2) is 0 Å². The number of hydrogen-bond acceptors (Lipinski definition) is 0. The van der Waals surface area contributed by atoms with Crippen LogP contribution in [0.25, 0.3) is 6.08 Å². The van der Waals surface area contributed by atoms with Crippen LogP contribution in [0.3, 0.4) is 0 Å². The van der Waals surface area contributed by atoms with E-state index in [1.165, 1.54) is 126 Å². The van der Waals surface area contributed by atoms with Crippen LogP contribution in [0.2, 0.25) is 13.3 Å². The molecule has 0 heterocycles. The molecule has 1 aromatic rings. The van der Waals surface area contributed by atoms with E-state index in [1.807, 2.05) is 6.08 Å². The molecule has 0 nitrogen and oxygen atoms in total. The fraction of sp³-hybridized carbons (Fsp3) is 0.758. The summed E-state index contributed by atoms with van der Waals surface area (Å²) in [6.45, 7) is 11.0. The van der Waals surface area contributed by atoms with Gasteiger partial charge in [0.05, 0.1) is 0 Å². The van der Waals surface area contributed by atoms with Gasteiger partial charge in [-0.05, 0) is 0 Å². The molecule has 0 aliphatic rings. The standard InChI is InChI=1S/C9H9.3C8H17.Sn/c1-3-9-6-4-5-8(2)7-9;3*1-3-5-7-8-6-4-2;/h3-7H,1-2H2;3*1,3-8H2,2H3;. The van der Waals surface area contributed by atoms with Crippen molar-refractivity contribution in [2.75, 3.05) is 0 Å². The summed E-state index contributed by atoms with van der Waals surface area (Å²) < 4.78 is 6.41. The molecule has 1 rings (SSSR count). The molecule has 1 aromatic carbocycles. The van der Waals surface area contributed by atoms with E-state index in [0.29, 0.717) is 0 Å². The van der Waals surface area contributed by atoms with Gasteiger partial charge < -0.3 is 0 Å². The van der Waals surface area contributed by atoms with Gasteiger partial charge in [0.25, 0.3) is 0 Å². The van der Waals surface area contributed by atoms with Crippen molar-refractivity contribution < 1.29 is 0 Å². The molecule has 1 heteroatoms. The first-order valence-corrected chi connectivity index (χ1v) is 23.5. The molecule has 196 valence electrons. The summed E-state index contributed by atoms with van der Waals surface area (Å²) in [4.78, 5) is 0. The minimum absolute atomic E-state index is 1.32. The van der Waals surface area contributed by atoms with Crippen LogP contribution in [0.5, 0.6) is 0 Å². The van der Waals surface area contributed by atoms with Gasteiger partial charge in [-0.1, -0.05) is 0 Å². The average molecular weight is 576 g/mol. The molecule has 0 radical (unpaired) electrons. The molecule has 0 aliphatic carbocycles. The summed E-state index contributed by atoms with van der Waals surface area (Å²) in [5.74, 6) is 0. The van der Waals surface area contributed by atoms with Crippen LogP contribution < -0.4 is 0 Å². The zero-order valence-electron chi connectivity index (χ0n) is 23.7. The molecule has 0 bridgehead atoms. The van der Waals surface area contributed by atoms with E-state index in [4.69, 9.17) is 0 Å². The number of benzene rings is 1. The zero-order valence-corrected chi connectivity index (χ0v) is 26.5. The van der Waals surface area contributed by atoms with Crippen molar-refractivity contribution in [3.63, 3.8) is 0 Å². The zero-order chi connectivity index (χ0) is 24.7. The predicted octanol–water partition coefficient (Wildman–Crippen LogP) is 11.9. The Kier molecular flexibility index (Phi) is 20.6. The maximum absolute atomic E-state index is 4.04. The summed E-state index contributed by atoms with van der Waals surface area (Å²) in [6, 6.07) is 9.40. The van der Waals surface area contributed by atoms with Crippen LogP contribution in [0, 0.1) is 0 Å². The Morgan fingerprint density at radius 3 is 1.41 bits per heavy atom. The first kappa shape index (κ1) is 31.8. The van der Waals surface area contributed by atoms with Crippen molar-refractivity contribution in [2.45, 2.75) is 154 Å². The van der Waals surface area contributed by atoms with Gasteiger partial charge >= 0.3 is 221 Å². The van der Waals surface area contributed by atoms with Gasteiger partial charge in [0.15, 0.2) is 0 Å². The second-order valence-corrected chi connectivity index (χ2v) is 25.0. The topological polar surface area (TPSA) is 0 Å². The Bertz CT molecular complexity index is 549. The van der Waals surface area contributed by atoms with Crippen molar-refractivity contribution in [1.29, 1.82) is 0 Å². The van der Waals surface area contributed by atoms with Crippen LogP contribution in [0.1, 0.15) is 147 Å². The quantitative estimate of drug-likeness (QED) is 0.0850. The fourth-order valence-electron chi connectivity index (χ4n) is 5.74. The van der Waals surface area contributed by atoms with E-state index >= 15 is 0 Å². The van der Waals surface area contributed by atoms with Gasteiger partial charge in [0, 0.05) is 0 Å². The van der Waals surface area contributed by atoms with Crippen LogP contribution >= 0.6 is 0 Å². The van der Waals surface area contributed by atoms with Crippen molar-refractivity contribution >= 4 is 24.5 Å². The second kappa shape index (κ2) is 22.0. The van der Waals surface area contributed by atoms with Crippen LogP contribution in [0.15, 0.2) is 30.8 Å². The summed E-state index contributed by atoms with van der Waals surface area (Å²) in [6.07, 6.45) is 28.2. The van der Waals surface area contributed by atoms with E-state index in [0.717, 1.165) is 0 Å². The minimum atomic E-state index is -2.24. The van der Waals surface area contributed by atoms with E-state index in [9.17, 15) is 0 Å². The fourth-order valence-corrected chi connectivity index (χ4v) is 21.1. The molecule has 0 unspecified atom stereocenters. The molecule has 0 saturated carbocycles. The summed E-state index contributed by atoms with van der Waals surface area (Å²) in [5.41, 5.74) is 2.95. The molecule has 0 atom stereocenters. The third-order valence-corrected chi connectivity index (χ3v) is 23.4. The van der Waals surface area contributed by atoms with Crippen molar-refractivity contribution in [1.82, 2.24) is 0 Å². The Balaban J connectivity index is 2.83. The van der Waals surface area contributed by atoms with Crippen LogP contribution in [-0.2, 0) is 4.44 Å². The molecule has 0 aliphatic heterocycles. The van der Waals surface area contributed by atoms with E-state index < -0.39 is 18.4 Å². The van der Waals surface area contributed by atoms with E-state index in [-0.39, 0.29) is 0 Å². The molecule has 34 heavy (non-hydrogen) atoms. The summed E-state index contributed by atoms with van der Waals surface area (Å²) >= 11 is -2.24. The Morgan fingerprint density at radius 2 is 1.00 bits per heavy atom. The monoisotopic (exact) mass is 576 g/mol. The van der Waals surface area contributed by atoms with Crippen LogP contribution in [-0.4, -0.2) is 18.4 Å². The predicted molar refractivity (Wildman–Crippen MR) is 161 cm³/mol. The van der Waals surface area contributed by atoms with E-state index in [1.54, 1.807) is 18.9 Å². The van der Waals surface area contributed by atoms with Crippen molar-refractivity contribution in [2.24, 2.45) is 0 Å². The normalized spacial score (nSPS) is 11.7. The van der Waals surface area contributed by atoms with Crippen molar-refractivity contribution in [3.8, 4) is 0 Å². The number of hydrogen-bond donors (Lipinski definition) is 0. The van der Waals surface area contributed by atoms with Gasteiger partial charge in [0.1, 0.15) is 0 Å². The number of rotatable bonds is 24. The first-order valence-electron chi connectivity index (χ1n) is 15.4. The van der Waals surface area contributed by atoms with Gasteiger partial charge in [0.2, 0.25) is 0 Å². The Hall–Kier alpha value is -0.241. The van der Waals surface area contributed by atoms with Crippen molar-refractivity contribution in [3.05, 3.63) is 42.0 Å². The third kappa shape index (κ3) is 15.7. The first-order chi connectivity index (χ1) is 16.7. The molecular formula is C33H60Sn. The SMILES string of the molecule is C=Cc1cccc([CH2][Sn]([CH2]CCCCCCC)([CH2]CCCCCCC)[CH2]CCCCCCC)c1. The van der Waals surface area contributed by atoms with Gasteiger partial charge in [-0.3, -0.25) is 0 Å². The Morgan fingerprint density at radius 1 is 0.588 bits per heavy atom. The summed E-state index contributed by atoms with van der Waals surface area (Å²) in [7, 11) is 0. The summed E-state index contributed by atoms with van der Waals surface area (Å²) in [5, 5.41) is 0. The van der Waals surface area contributed by atoms with Gasteiger partial charge in [-0.2, -0.15) is 0 Å². The second-order valence-electron chi connectivity index (χ2n) is 11.2. The molecular weight excluding hydrogens is 515 g/mol. The average Bonchev–Trinajstić information content (AvgIpc) is 2.85. The number of unbranched alkanes of at least 4 members (excludes halogenated alkanes) is 15. The molecule has 0 N–H and O–H groups in total. The van der Waals surface area contributed by atoms with Crippen LogP contribution in [0.4, 0.5) is 0 Å². The molecule has 0 fully saturated rings. The molecule has 0 aromatic heterocycles. The Labute approximate surface area is 219 Å². The van der Waals surface area contributed by atoms with E-state index in [2.05, 4.69) is 51.6 Å². The molecule has 0 spiro atoms. The third-order valence-electron chi connectivity index (χ3n) is 7.95. The molecule has 0 saturated heterocycles. The molecule has 0 amide bonds. The van der Waals surface area contributed by atoms with Gasteiger partial charge in [-0.15, -0.1) is 0 Å².